The molecule has 0 aromatic carbocycles. The number of anilines is 1. The summed E-state index contributed by atoms with van der Waals surface area (Å²) in [5.74, 6) is 0.138. The van der Waals surface area contributed by atoms with E-state index in [1.165, 1.54) is 98.8 Å². The van der Waals surface area contributed by atoms with Crippen LogP contribution in [0.3, 0.4) is 0 Å². The molecular weight excluding hydrogens is 633 g/mol. The zero-order valence-corrected chi connectivity index (χ0v) is 29.0. The van der Waals surface area contributed by atoms with Gasteiger partial charge in [0.15, 0.2) is 6.23 Å². The van der Waals surface area contributed by atoms with E-state index in [4.69, 9.17) is 24.0 Å². The van der Waals surface area contributed by atoms with Gasteiger partial charge in [-0.1, -0.05) is 90.4 Å². The molecule has 5 atom stereocenters. The van der Waals surface area contributed by atoms with Gasteiger partial charge in [-0.25, -0.2) is 4.79 Å². The molecular formula is C32H60N3O11P. The third-order valence-electron chi connectivity index (χ3n) is 8.39. The summed E-state index contributed by atoms with van der Waals surface area (Å²) in [6.07, 6.45) is 12.1. The van der Waals surface area contributed by atoms with Gasteiger partial charge in [0.05, 0.1) is 19.8 Å². The predicted octanol–water partition coefficient (Wildman–Crippen LogP) is 2.89. The highest BCUT2D eigenvalue weighted by Gasteiger charge is 2.46. The highest BCUT2D eigenvalue weighted by Crippen LogP contribution is 2.33. The van der Waals surface area contributed by atoms with E-state index in [0.29, 0.717) is 19.6 Å². The van der Waals surface area contributed by atoms with E-state index in [0.717, 1.165) is 12.8 Å². The second kappa shape index (κ2) is 23.8. The second-order valence-corrected chi connectivity index (χ2v) is 14.0. The van der Waals surface area contributed by atoms with Gasteiger partial charge in [0, 0.05) is 26.0 Å². The van der Waals surface area contributed by atoms with Crippen molar-refractivity contribution in [3.63, 3.8) is 0 Å². The third kappa shape index (κ3) is 16.7. The number of unbranched alkanes of at least 4 members (excludes halogenated alkanes) is 13. The van der Waals surface area contributed by atoms with Crippen molar-refractivity contribution in [3.05, 3.63) is 22.7 Å². The lowest BCUT2D eigenvalue weighted by atomic mass is 9.97. The molecule has 14 nitrogen and oxygen atoms in total. The van der Waals surface area contributed by atoms with Crippen molar-refractivity contribution >= 4 is 13.4 Å². The van der Waals surface area contributed by atoms with Crippen LogP contribution in [-0.4, -0.2) is 110 Å². The van der Waals surface area contributed by atoms with Crippen LogP contribution >= 0.6 is 7.60 Å². The lowest BCUT2D eigenvalue weighted by molar-refractivity contribution is -0.229. The number of ether oxygens (including phenoxy) is 3. The molecule has 1 aromatic rings. The molecule has 1 aliphatic heterocycles. The topological polar surface area (TPSA) is 204 Å². The Kier molecular flexibility index (Phi) is 21.1. The lowest BCUT2D eigenvalue weighted by Crippen LogP contribution is -2.63. The fourth-order valence-corrected chi connectivity index (χ4v) is 6.01. The quantitative estimate of drug-likeness (QED) is 0.0580. The summed E-state index contributed by atoms with van der Waals surface area (Å²) >= 11 is 0. The molecule has 1 saturated heterocycles. The van der Waals surface area contributed by atoms with Crippen LogP contribution in [0.25, 0.3) is 0 Å². The number of hydrogen-bond donors (Lipinski definition) is 6. The molecule has 274 valence electrons. The summed E-state index contributed by atoms with van der Waals surface area (Å²) in [5.41, 5.74) is -0.675. The van der Waals surface area contributed by atoms with Crippen LogP contribution in [0.15, 0.2) is 17.1 Å². The summed E-state index contributed by atoms with van der Waals surface area (Å²) in [4.78, 5) is 36.1. The van der Waals surface area contributed by atoms with Crippen LogP contribution in [0.5, 0.6) is 0 Å². The number of hydrogen-bond acceptors (Lipinski definition) is 11. The summed E-state index contributed by atoms with van der Waals surface area (Å²) in [6.45, 7) is 2.78. The van der Waals surface area contributed by atoms with Crippen LogP contribution in [0, 0.1) is 0 Å². The van der Waals surface area contributed by atoms with E-state index >= 15 is 0 Å². The maximum atomic E-state index is 12.7. The third-order valence-corrected chi connectivity index (χ3v) is 8.91. The average Bonchev–Trinajstić information content (AvgIpc) is 3.04. The van der Waals surface area contributed by atoms with Crippen molar-refractivity contribution in [2.75, 3.05) is 44.2 Å². The highest BCUT2D eigenvalue weighted by atomic mass is 31.2. The number of rotatable bonds is 27. The minimum absolute atomic E-state index is 0.000740. The molecule has 1 aliphatic rings. The van der Waals surface area contributed by atoms with Gasteiger partial charge in [-0.2, -0.15) is 4.98 Å². The summed E-state index contributed by atoms with van der Waals surface area (Å²) in [6, 6.07) is 1.50. The van der Waals surface area contributed by atoms with E-state index in [1.54, 1.807) is 0 Å². The molecule has 47 heavy (non-hydrogen) atoms. The first kappa shape index (κ1) is 41.7. The Labute approximate surface area is 279 Å². The normalized spacial score (nSPS) is 21.7. The largest absolute Gasteiger partial charge is 0.394 e. The van der Waals surface area contributed by atoms with Crippen LogP contribution in [0.2, 0.25) is 0 Å². The minimum Gasteiger partial charge on any atom is -0.394 e. The standard InChI is InChI=1S/C32H60N3O11P/c1-2-3-4-5-6-7-8-9-10-11-12-13-14-15-21-44-22-16-18-35(31-30(39)29(38)28(37)26(24-36)46-31)27-17-19-34(32(40)33-27)20-23-45-25-47(41,42)43/h17,19,26,28-31,36-39H,2-16,18,20-25H2,1H3,(H2,41,42,43)/t26-,28+,29+,30-,31?/m1/s1. The first-order valence-electron chi connectivity index (χ1n) is 17.4. The van der Waals surface area contributed by atoms with Gasteiger partial charge in [-0.05, 0) is 18.9 Å². The van der Waals surface area contributed by atoms with Gasteiger partial charge >= 0.3 is 13.3 Å². The Morgan fingerprint density at radius 2 is 1.40 bits per heavy atom. The lowest BCUT2D eigenvalue weighted by Gasteiger charge is -2.45. The maximum Gasteiger partial charge on any atom is 0.350 e. The Hall–Kier alpha value is -1.45. The number of nitrogens with zero attached hydrogens (tertiary/aromatic N) is 3. The van der Waals surface area contributed by atoms with Crippen molar-refractivity contribution in [3.8, 4) is 0 Å². The molecule has 0 bridgehead atoms. The molecule has 2 rings (SSSR count). The van der Waals surface area contributed by atoms with Crippen LogP contribution in [0.4, 0.5) is 5.82 Å². The Balaban J connectivity index is 1.78. The SMILES string of the molecule is CCCCCCCCCCCCCCCCOCCCN(c1ccn(CCOCP(=O)(O)O)c(=O)n1)C1O[C@H](CO)[C@H](O)[C@H](O)[C@H]1O. The van der Waals surface area contributed by atoms with Gasteiger partial charge in [-0.15, -0.1) is 0 Å². The van der Waals surface area contributed by atoms with Crippen LogP contribution in [0.1, 0.15) is 103 Å². The molecule has 0 saturated carbocycles. The molecule has 0 amide bonds. The van der Waals surface area contributed by atoms with Gasteiger partial charge in [0.1, 0.15) is 36.6 Å². The van der Waals surface area contributed by atoms with E-state index in [1.807, 2.05) is 0 Å². The average molecular weight is 694 g/mol. The summed E-state index contributed by atoms with van der Waals surface area (Å²) in [7, 11) is -4.33. The monoisotopic (exact) mass is 693 g/mol. The molecule has 1 aromatic heterocycles. The molecule has 1 unspecified atom stereocenters. The van der Waals surface area contributed by atoms with E-state index < -0.39 is 56.9 Å². The van der Waals surface area contributed by atoms with E-state index in [9.17, 15) is 29.8 Å². The fourth-order valence-electron chi connectivity index (χ4n) is 5.65. The molecule has 1 fully saturated rings. The van der Waals surface area contributed by atoms with Crippen molar-refractivity contribution in [1.82, 2.24) is 9.55 Å². The Morgan fingerprint density at radius 1 is 0.830 bits per heavy atom. The second-order valence-electron chi connectivity index (χ2n) is 12.4. The van der Waals surface area contributed by atoms with E-state index in [-0.39, 0.29) is 25.5 Å². The maximum absolute atomic E-state index is 12.7. The fraction of sp³-hybridized carbons (Fsp3) is 0.875. The van der Waals surface area contributed by atoms with Gasteiger partial charge < -0.3 is 49.3 Å². The number of aliphatic hydroxyl groups is 4. The van der Waals surface area contributed by atoms with E-state index in [2.05, 4.69) is 11.9 Å². The van der Waals surface area contributed by atoms with Crippen molar-refractivity contribution in [2.45, 2.75) is 140 Å². The predicted molar refractivity (Wildman–Crippen MR) is 178 cm³/mol. The van der Waals surface area contributed by atoms with Crippen LogP contribution in [-0.2, 0) is 25.3 Å². The summed E-state index contributed by atoms with van der Waals surface area (Å²) < 4.78 is 28.7. The number of aliphatic hydroxyl groups excluding tert-OH is 4. The molecule has 6 N–H and O–H groups in total. The molecule has 2 heterocycles. The Morgan fingerprint density at radius 3 is 1.96 bits per heavy atom. The number of aromatic nitrogens is 2. The van der Waals surface area contributed by atoms with Crippen molar-refractivity contribution in [2.24, 2.45) is 0 Å². The highest BCUT2D eigenvalue weighted by molar-refractivity contribution is 7.51. The molecule has 0 spiro atoms. The molecule has 0 radical (unpaired) electrons. The smallest absolute Gasteiger partial charge is 0.350 e. The molecule has 0 aliphatic carbocycles. The van der Waals surface area contributed by atoms with Crippen molar-refractivity contribution in [1.29, 1.82) is 0 Å². The first-order chi connectivity index (χ1) is 22.6. The zero-order chi connectivity index (χ0) is 34.5. The zero-order valence-electron chi connectivity index (χ0n) is 28.1. The van der Waals surface area contributed by atoms with Gasteiger partial charge in [-0.3, -0.25) is 9.13 Å². The van der Waals surface area contributed by atoms with Crippen LogP contribution < -0.4 is 10.6 Å². The molecule has 15 heteroatoms. The van der Waals surface area contributed by atoms with Crippen molar-refractivity contribution < 1.29 is 49.0 Å². The van der Waals surface area contributed by atoms with Gasteiger partial charge in [0.25, 0.3) is 0 Å². The Bertz CT molecular complexity index is 1060. The summed E-state index contributed by atoms with van der Waals surface area (Å²) in [5, 5.41) is 41.0. The minimum atomic E-state index is -4.33. The van der Waals surface area contributed by atoms with Gasteiger partial charge in [0.2, 0.25) is 0 Å². The first-order valence-corrected chi connectivity index (χ1v) is 19.2.